The lowest BCUT2D eigenvalue weighted by molar-refractivity contribution is -0.132. The highest BCUT2D eigenvalue weighted by atomic mass is 16.5. The van der Waals surface area contributed by atoms with Gasteiger partial charge in [-0.15, -0.1) is 0 Å². The zero-order chi connectivity index (χ0) is 28.5. The van der Waals surface area contributed by atoms with E-state index in [1.54, 1.807) is 74.8 Å². The van der Waals surface area contributed by atoms with Crippen LogP contribution < -0.4 is 9.64 Å². The van der Waals surface area contributed by atoms with Crippen molar-refractivity contribution in [2.75, 3.05) is 12.0 Å². The number of aliphatic hydroxyl groups excluding tert-OH is 1. The van der Waals surface area contributed by atoms with Gasteiger partial charge in [0, 0.05) is 18.1 Å². The molecule has 2 aromatic carbocycles. The van der Waals surface area contributed by atoms with E-state index < -0.39 is 23.7 Å². The average Bonchev–Trinajstić information content (AvgIpc) is 3.17. The van der Waals surface area contributed by atoms with Crippen LogP contribution in [0.2, 0.25) is 0 Å². The summed E-state index contributed by atoms with van der Waals surface area (Å²) >= 11 is 0. The van der Waals surface area contributed by atoms with Gasteiger partial charge < -0.3 is 14.6 Å². The number of ether oxygens (including phenoxy) is 2. The van der Waals surface area contributed by atoms with Crippen LogP contribution in [0.15, 0.2) is 72.6 Å². The Morgan fingerprint density at radius 2 is 1.64 bits per heavy atom. The number of ketones is 1. The molecule has 8 nitrogen and oxygen atoms in total. The lowest BCUT2D eigenvalue weighted by Gasteiger charge is -2.26. The van der Waals surface area contributed by atoms with Gasteiger partial charge in [-0.05, 0) is 78.9 Å². The summed E-state index contributed by atoms with van der Waals surface area (Å²) in [5, 5.41) is 11.6. The summed E-state index contributed by atoms with van der Waals surface area (Å²) in [4.78, 5) is 44.7. The van der Waals surface area contributed by atoms with Crippen molar-refractivity contribution in [2.24, 2.45) is 0 Å². The Morgan fingerprint density at radius 1 is 1.00 bits per heavy atom. The van der Waals surface area contributed by atoms with E-state index in [0.29, 0.717) is 28.1 Å². The summed E-state index contributed by atoms with van der Waals surface area (Å²) in [6.45, 7) is 9.62. The number of nitrogens with zero attached hydrogens (tertiary/aromatic N) is 2. The summed E-state index contributed by atoms with van der Waals surface area (Å²) < 4.78 is 10.8. The molecule has 4 rings (SSSR count). The SMILES string of the molecule is COc1ccc(C(C)(C)C)cc1/C(O)=C1\C(=O)C(=O)N(c2ccc(C(=O)OC(C)C)cc2)C1c1ccncc1. The summed E-state index contributed by atoms with van der Waals surface area (Å²) in [7, 11) is 1.48. The second-order valence-corrected chi connectivity index (χ2v) is 10.6. The topological polar surface area (TPSA) is 106 Å². The standard InChI is InChI=1S/C31H32N2O6/c1-18(2)39-30(37)20-7-10-22(11-8-20)33-26(19-13-15-32-16-14-19)25(28(35)29(33)36)27(34)23-17-21(31(3,4)5)9-12-24(23)38-6/h7-18,26,34H,1-6H3/b27-25+. The molecule has 0 radical (unpaired) electrons. The molecule has 1 aliphatic rings. The molecular weight excluding hydrogens is 496 g/mol. The van der Waals surface area contributed by atoms with Gasteiger partial charge >= 0.3 is 5.97 Å². The largest absolute Gasteiger partial charge is 0.507 e. The normalized spacial score (nSPS) is 17.0. The number of esters is 1. The minimum Gasteiger partial charge on any atom is -0.507 e. The molecule has 1 fully saturated rings. The number of aliphatic hydroxyl groups is 1. The van der Waals surface area contributed by atoms with Gasteiger partial charge in [0.15, 0.2) is 0 Å². The van der Waals surface area contributed by atoms with Crippen LogP contribution in [0.3, 0.4) is 0 Å². The fourth-order valence-corrected chi connectivity index (χ4v) is 4.50. The molecule has 39 heavy (non-hydrogen) atoms. The molecule has 0 aliphatic carbocycles. The number of amides is 1. The zero-order valence-electron chi connectivity index (χ0n) is 22.9. The molecule has 1 aliphatic heterocycles. The first-order valence-electron chi connectivity index (χ1n) is 12.6. The van der Waals surface area contributed by atoms with Crippen LogP contribution in [0.5, 0.6) is 5.75 Å². The number of anilines is 1. The minimum absolute atomic E-state index is 0.0705. The maximum atomic E-state index is 13.5. The van der Waals surface area contributed by atoms with Crippen molar-refractivity contribution in [3.05, 3.63) is 94.8 Å². The molecule has 2 heterocycles. The lowest BCUT2D eigenvalue weighted by Crippen LogP contribution is -2.29. The number of hydrogen-bond acceptors (Lipinski definition) is 7. The Bertz CT molecular complexity index is 1440. The number of carbonyl (C=O) groups excluding carboxylic acids is 3. The number of Topliss-reactive ketones (excluding diaryl/α,β-unsaturated/α-hetero) is 1. The molecule has 0 bridgehead atoms. The third-order valence-electron chi connectivity index (χ3n) is 6.51. The molecule has 1 aromatic heterocycles. The molecule has 1 atom stereocenters. The van der Waals surface area contributed by atoms with Crippen molar-refractivity contribution in [2.45, 2.75) is 52.2 Å². The molecule has 8 heteroatoms. The lowest BCUT2D eigenvalue weighted by atomic mass is 9.85. The predicted octanol–water partition coefficient (Wildman–Crippen LogP) is 5.58. The molecule has 1 saturated heterocycles. The highest BCUT2D eigenvalue weighted by Crippen LogP contribution is 2.43. The number of pyridine rings is 1. The molecule has 1 N–H and O–H groups in total. The Kier molecular flexibility index (Phi) is 7.58. The number of rotatable bonds is 6. The summed E-state index contributed by atoms with van der Waals surface area (Å²) in [6.07, 6.45) is 2.83. The first kappa shape index (κ1) is 27.6. The molecule has 0 spiro atoms. The maximum absolute atomic E-state index is 13.5. The Balaban J connectivity index is 1.89. The highest BCUT2D eigenvalue weighted by Gasteiger charge is 2.47. The molecular formula is C31H32N2O6. The summed E-state index contributed by atoms with van der Waals surface area (Å²) in [5.41, 5.74) is 2.20. The van der Waals surface area contributed by atoms with Crippen molar-refractivity contribution >= 4 is 29.1 Å². The maximum Gasteiger partial charge on any atom is 0.338 e. The van der Waals surface area contributed by atoms with E-state index in [4.69, 9.17) is 9.47 Å². The molecule has 1 unspecified atom stereocenters. The van der Waals surface area contributed by atoms with E-state index in [1.807, 2.05) is 26.8 Å². The van der Waals surface area contributed by atoms with Crippen molar-refractivity contribution in [1.82, 2.24) is 4.98 Å². The van der Waals surface area contributed by atoms with E-state index >= 15 is 0 Å². The summed E-state index contributed by atoms with van der Waals surface area (Å²) in [5.74, 6) is -2.09. The van der Waals surface area contributed by atoms with Gasteiger partial charge in [-0.1, -0.05) is 26.8 Å². The van der Waals surface area contributed by atoms with Crippen LogP contribution in [0.25, 0.3) is 5.76 Å². The Morgan fingerprint density at radius 3 is 2.21 bits per heavy atom. The number of benzene rings is 2. The number of carbonyl (C=O) groups is 3. The fourth-order valence-electron chi connectivity index (χ4n) is 4.50. The minimum atomic E-state index is -0.940. The quantitative estimate of drug-likeness (QED) is 0.193. The number of methoxy groups -OCH3 is 1. The molecule has 202 valence electrons. The first-order chi connectivity index (χ1) is 18.4. The van der Waals surface area contributed by atoms with Crippen LogP contribution in [-0.4, -0.2) is 41.0 Å². The average molecular weight is 529 g/mol. The van der Waals surface area contributed by atoms with E-state index in [0.717, 1.165) is 5.56 Å². The molecule has 0 saturated carbocycles. The fraction of sp³-hybridized carbons (Fsp3) is 0.290. The van der Waals surface area contributed by atoms with Crippen molar-refractivity contribution < 1.29 is 29.0 Å². The predicted molar refractivity (Wildman–Crippen MR) is 148 cm³/mol. The monoisotopic (exact) mass is 528 g/mol. The summed E-state index contributed by atoms with van der Waals surface area (Å²) in [6, 6.07) is 14.1. The van der Waals surface area contributed by atoms with Gasteiger partial charge in [0.05, 0.1) is 36.0 Å². The van der Waals surface area contributed by atoms with Gasteiger partial charge in [0.1, 0.15) is 11.5 Å². The van der Waals surface area contributed by atoms with Gasteiger partial charge in [0.25, 0.3) is 11.7 Å². The number of hydrogen-bond donors (Lipinski definition) is 1. The van der Waals surface area contributed by atoms with E-state index in [2.05, 4.69) is 4.98 Å². The van der Waals surface area contributed by atoms with Crippen molar-refractivity contribution in [3.63, 3.8) is 0 Å². The van der Waals surface area contributed by atoms with Gasteiger partial charge in [-0.3, -0.25) is 19.5 Å². The van der Waals surface area contributed by atoms with Crippen LogP contribution in [0, 0.1) is 0 Å². The van der Waals surface area contributed by atoms with Crippen LogP contribution in [-0.2, 0) is 19.7 Å². The highest BCUT2D eigenvalue weighted by molar-refractivity contribution is 6.51. The smallest absolute Gasteiger partial charge is 0.338 e. The van der Waals surface area contributed by atoms with Crippen LogP contribution in [0.4, 0.5) is 5.69 Å². The second kappa shape index (κ2) is 10.7. The number of aromatic nitrogens is 1. The third kappa shape index (κ3) is 5.41. The Labute approximate surface area is 227 Å². The second-order valence-electron chi connectivity index (χ2n) is 10.6. The van der Waals surface area contributed by atoms with E-state index in [-0.39, 0.29) is 22.9 Å². The van der Waals surface area contributed by atoms with E-state index in [1.165, 1.54) is 12.0 Å². The van der Waals surface area contributed by atoms with Gasteiger partial charge in [0.2, 0.25) is 0 Å². The molecule has 3 aromatic rings. The zero-order valence-corrected chi connectivity index (χ0v) is 22.9. The molecule has 1 amide bonds. The Hall–Kier alpha value is -4.46. The van der Waals surface area contributed by atoms with Crippen molar-refractivity contribution in [3.8, 4) is 5.75 Å². The van der Waals surface area contributed by atoms with Crippen LogP contribution >= 0.6 is 0 Å². The van der Waals surface area contributed by atoms with E-state index in [9.17, 15) is 19.5 Å². The van der Waals surface area contributed by atoms with Crippen LogP contribution in [0.1, 0.15) is 67.7 Å². The first-order valence-corrected chi connectivity index (χ1v) is 12.6. The third-order valence-corrected chi connectivity index (χ3v) is 6.51. The van der Waals surface area contributed by atoms with Gasteiger partial charge in [-0.2, -0.15) is 0 Å². The van der Waals surface area contributed by atoms with Crippen molar-refractivity contribution in [1.29, 1.82) is 0 Å². The van der Waals surface area contributed by atoms with Gasteiger partial charge in [-0.25, -0.2) is 4.79 Å².